The van der Waals surface area contributed by atoms with Crippen LogP contribution in [0.15, 0.2) is 42.5 Å². The summed E-state index contributed by atoms with van der Waals surface area (Å²) in [5, 5.41) is 0. The number of nitrogen functional groups attached to an aromatic ring is 1. The van der Waals surface area contributed by atoms with E-state index in [1.165, 1.54) is 0 Å². The van der Waals surface area contributed by atoms with Crippen LogP contribution in [0, 0.1) is 6.92 Å². The van der Waals surface area contributed by atoms with Crippen LogP contribution in [-0.2, 0) is 0 Å². The second-order valence-corrected chi connectivity index (χ2v) is 3.77. The predicted molar refractivity (Wildman–Crippen MR) is 67.6 cm³/mol. The van der Waals surface area contributed by atoms with Gasteiger partial charge in [-0.2, -0.15) is 0 Å². The number of hydrogen-bond acceptors (Lipinski definition) is 2. The van der Waals surface area contributed by atoms with Crippen LogP contribution >= 0.6 is 0 Å². The predicted octanol–water partition coefficient (Wildman–Crippen LogP) is 3.25. The van der Waals surface area contributed by atoms with Gasteiger partial charge in [-0.1, -0.05) is 24.3 Å². The van der Waals surface area contributed by atoms with Crippen LogP contribution < -0.4 is 10.5 Å². The molecule has 0 aliphatic heterocycles. The van der Waals surface area contributed by atoms with E-state index in [2.05, 4.69) is 6.07 Å². The third kappa shape index (κ3) is 1.87. The third-order valence-corrected chi connectivity index (χ3v) is 2.69. The van der Waals surface area contributed by atoms with Gasteiger partial charge in [0.15, 0.2) is 0 Å². The van der Waals surface area contributed by atoms with Crippen molar-refractivity contribution < 1.29 is 4.74 Å². The summed E-state index contributed by atoms with van der Waals surface area (Å²) in [6.45, 7) is 2.01. The average molecular weight is 213 g/mol. The Morgan fingerprint density at radius 2 is 1.81 bits per heavy atom. The number of aryl methyl sites for hydroxylation is 1. The molecule has 0 aromatic heterocycles. The van der Waals surface area contributed by atoms with Gasteiger partial charge >= 0.3 is 0 Å². The van der Waals surface area contributed by atoms with Crippen LogP contribution in [0.5, 0.6) is 5.75 Å². The topological polar surface area (TPSA) is 35.2 Å². The zero-order valence-electron chi connectivity index (χ0n) is 9.53. The van der Waals surface area contributed by atoms with Crippen LogP contribution in [0.2, 0.25) is 0 Å². The second-order valence-electron chi connectivity index (χ2n) is 3.77. The van der Waals surface area contributed by atoms with Gasteiger partial charge in [0.05, 0.1) is 7.11 Å². The van der Waals surface area contributed by atoms with Gasteiger partial charge in [-0.15, -0.1) is 0 Å². The van der Waals surface area contributed by atoms with E-state index in [0.29, 0.717) is 0 Å². The highest BCUT2D eigenvalue weighted by Crippen LogP contribution is 2.31. The van der Waals surface area contributed by atoms with Crippen molar-refractivity contribution in [2.45, 2.75) is 6.92 Å². The van der Waals surface area contributed by atoms with E-state index in [-0.39, 0.29) is 0 Å². The first kappa shape index (κ1) is 10.6. The summed E-state index contributed by atoms with van der Waals surface area (Å²) in [5.41, 5.74) is 9.93. The normalized spacial score (nSPS) is 10.1. The Bertz CT molecular complexity index is 506. The van der Waals surface area contributed by atoms with E-state index < -0.39 is 0 Å². The monoisotopic (exact) mass is 213 g/mol. The maximum Gasteiger partial charge on any atom is 0.126 e. The van der Waals surface area contributed by atoms with Crippen molar-refractivity contribution in [1.29, 1.82) is 0 Å². The number of methoxy groups -OCH3 is 1. The number of nitrogens with two attached hydrogens (primary N) is 1. The SMILES string of the molecule is COc1ccccc1-c1ccc(N)c(C)c1. The number of ether oxygens (including phenoxy) is 1. The molecule has 2 aromatic carbocycles. The number of benzene rings is 2. The maximum atomic E-state index is 5.81. The van der Waals surface area contributed by atoms with E-state index in [0.717, 1.165) is 28.1 Å². The lowest BCUT2D eigenvalue weighted by atomic mass is 10.0. The highest BCUT2D eigenvalue weighted by molar-refractivity contribution is 5.72. The molecule has 2 aromatic rings. The van der Waals surface area contributed by atoms with Crippen molar-refractivity contribution in [3.05, 3.63) is 48.0 Å². The highest BCUT2D eigenvalue weighted by Gasteiger charge is 2.05. The van der Waals surface area contributed by atoms with Gasteiger partial charge in [-0.3, -0.25) is 0 Å². The summed E-state index contributed by atoms with van der Waals surface area (Å²) in [6, 6.07) is 14.0. The molecule has 0 saturated carbocycles. The van der Waals surface area contributed by atoms with Crippen LogP contribution in [0.4, 0.5) is 5.69 Å². The van der Waals surface area contributed by atoms with Gasteiger partial charge in [0.1, 0.15) is 5.75 Å². The molecule has 0 amide bonds. The molecule has 2 heteroatoms. The summed E-state index contributed by atoms with van der Waals surface area (Å²) in [6.07, 6.45) is 0. The van der Waals surface area contributed by atoms with Crippen LogP contribution in [0.25, 0.3) is 11.1 Å². The Morgan fingerprint density at radius 1 is 1.06 bits per heavy atom. The Kier molecular flexibility index (Phi) is 2.82. The zero-order valence-corrected chi connectivity index (χ0v) is 9.53. The Hall–Kier alpha value is -1.96. The molecule has 16 heavy (non-hydrogen) atoms. The van der Waals surface area contributed by atoms with Crippen molar-refractivity contribution in [1.82, 2.24) is 0 Å². The molecule has 0 unspecified atom stereocenters. The fourth-order valence-corrected chi connectivity index (χ4v) is 1.73. The van der Waals surface area contributed by atoms with Gasteiger partial charge in [0, 0.05) is 11.3 Å². The molecule has 0 atom stereocenters. The van der Waals surface area contributed by atoms with Crippen molar-refractivity contribution in [3.8, 4) is 16.9 Å². The molecule has 0 fully saturated rings. The van der Waals surface area contributed by atoms with Gasteiger partial charge < -0.3 is 10.5 Å². The van der Waals surface area contributed by atoms with E-state index in [1.807, 2.05) is 43.3 Å². The first-order valence-electron chi connectivity index (χ1n) is 5.22. The van der Waals surface area contributed by atoms with Crippen molar-refractivity contribution in [2.24, 2.45) is 0 Å². The number of para-hydroxylation sites is 1. The van der Waals surface area contributed by atoms with Gasteiger partial charge in [-0.05, 0) is 36.2 Å². The lowest BCUT2D eigenvalue weighted by Crippen LogP contribution is -1.91. The quantitative estimate of drug-likeness (QED) is 0.777. The van der Waals surface area contributed by atoms with Crippen molar-refractivity contribution in [3.63, 3.8) is 0 Å². The molecular formula is C14H15NO. The van der Waals surface area contributed by atoms with E-state index in [9.17, 15) is 0 Å². The maximum absolute atomic E-state index is 5.81. The van der Waals surface area contributed by atoms with Gasteiger partial charge in [0.25, 0.3) is 0 Å². The lowest BCUT2D eigenvalue weighted by molar-refractivity contribution is 0.416. The minimum absolute atomic E-state index is 0.818. The molecule has 0 aliphatic carbocycles. The van der Waals surface area contributed by atoms with Crippen molar-refractivity contribution >= 4 is 5.69 Å². The number of hydrogen-bond donors (Lipinski definition) is 1. The molecule has 0 radical (unpaired) electrons. The Morgan fingerprint density at radius 3 is 2.50 bits per heavy atom. The molecule has 0 saturated heterocycles. The minimum atomic E-state index is 0.818. The van der Waals surface area contributed by atoms with E-state index >= 15 is 0 Å². The second kappa shape index (κ2) is 4.27. The summed E-state index contributed by atoms with van der Waals surface area (Å²) in [4.78, 5) is 0. The largest absolute Gasteiger partial charge is 0.496 e. The van der Waals surface area contributed by atoms with E-state index in [1.54, 1.807) is 7.11 Å². The lowest BCUT2D eigenvalue weighted by Gasteiger charge is -2.09. The standard InChI is InChI=1S/C14H15NO/c1-10-9-11(7-8-13(10)15)12-5-3-4-6-14(12)16-2/h3-9H,15H2,1-2H3. The molecule has 0 spiro atoms. The highest BCUT2D eigenvalue weighted by atomic mass is 16.5. The molecule has 0 bridgehead atoms. The smallest absolute Gasteiger partial charge is 0.126 e. The first-order chi connectivity index (χ1) is 7.72. The zero-order chi connectivity index (χ0) is 11.5. The average Bonchev–Trinajstić information content (AvgIpc) is 2.32. The summed E-state index contributed by atoms with van der Waals surface area (Å²) in [5.74, 6) is 0.881. The molecule has 82 valence electrons. The summed E-state index contributed by atoms with van der Waals surface area (Å²) >= 11 is 0. The number of rotatable bonds is 2. The van der Waals surface area contributed by atoms with Crippen LogP contribution in [0.1, 0.15) is 5.56 Å². The fourth-order valence-electron chi connectivity index (χ4n) is 1.73. The number of anilines is 1. The van der Waals surface area contributed by atoms with Crippen LogP contribution in [-0.4, -0.2) is 7.11 Å². The summed E-state index contributed by atoms with van der Waals surface area (Å²) < 4.78 is 5.34. The summed E-state index contributed by atoms with van der Waals surface area (Å²) in [7, 11) is 1.68. The Labute approximate surface area is 95.7 Å². The molecule has 2 nitrogen and oxygen atoms in total. The molecule has 0 aliphatic rings. The third-order valence-electron chi connectivity index (χ3n) is 2.69. The van der Waals surface area contributed by atoms with E-state index in [4.69, 9.17) is 10.5 Å². The molecule has 2 rings (SSSR count). The van der Waals surface area contributed by atoms with Gasteiger partial charge in [-0.25, -0.2) is 0 Å². The van der Waals surface area contributed by atoms with Crippen LogP contribution in [0.3, 0.4) is 0 Å². The van der Waals surface area contributed by atoms with Crippen molar-refractivity contribution in [2.75, 3.05) is 12.8 Å². The minimum Gasteiger partial charge on any atom is -0.496 e. The molecule has 2 N–H and O–H groups in total. The fraction of sp³-hybridized carbons (Fsp3) is 0.143. The first-order valence-corrected chi connectivity index (χ1v) is 5.22. The Balaban J connectivity index is 2.54. The molecular weight excluding hydrogens is 198 g/mol. The molecule has 0 heterocycles. The van der Waals surface area contributed by atoms with Gasteiger partial charge in [0.2, 0.25) is 0 Å².